The molecule has 3 rings (SSSR count). The molecule has 24 heavy (non-hydrogen) atoms. The molecular formula is C16H17BrN2O4S. The smallest absolute Gasteiger partial charge is 0.325 e. The van der Waals surface area contributed by atoms with Gasteiger partial charge in [0.1, 0.15) is 12.6 Å². The Kier molecular flexibility index (Phi) is 5.17. The molecular weight excluding hydrogens is 396 g/mol. The molecule has 2 heterocycles. The molecule has 2 aromatic rings. The largest absolute Gasteiger partial charge is 0.480 e. The Morgan fingerprint density at radius 3 is 2.58 bits per heavy atom. The minimum atomic E-state index is -0.959. The number of hydrogen-bond donors (Lipinski definition) is 2. The van der Waals surface area contributed by atoms with E-state index in [-0.39, 0.29) is 6.54 Å². The van der Waals surface area contributed by atoms with Crippen molar-refractivity contribution in [1.29, 1.82) is 0 Å². The average molecular weight is 413 g/mol. The number of halogens is 1. The summed E-state index contributed by atoms with van der Waals surface area (Å²) in [7, 11) is 0. The van der Waals surface area contributed by atoms with Crippen LogP contribution in [0.25, 0.3) is 10.9 Å². The van der Waals surface area contributed by atoms with Crippen molar-refractivity contribution in [2.75, 3.05) is 24.6 Å². The van der Waals surface area contributed by atoms with Gasteiger partial charge in [-0.3, -0.25) is 14.5 Å². The van der Waals surface area contributed by atoms with E-state index in [2.05, 4.69) is 15.9 Å². The second kappa shape index (κ2) is 7.16. The lowest BCUT2D eigenvalue weighted by Gasteiger charge is -2.31. The van der Waals surface area contributed by atoms with Crippen LogP contribution in [0.1, 0.15) is 11.6 Å². The predicted molar refractivity (Wildman–Crippen MR) is 96.5 cm³/mol. The molecule has 6 nitrogen and oxygen atoms in total. The van der Waals surface area contributed by atoms with E-state index in [0.717, 1.165) is 26.9 Å². The van der Waals surface area contributed by atoms with Crippen LogP contribution in [0.5, 0.6) is 0 Å². The first-order valence-corrected chi connectivity index (χ1v) is 9.47. The molecule has 0 saturated carbocycles. The van der Waals surface area contributed by atoms with Crippen LogP contribution in [0, 0.1) is 0 Å². The van der Waals surface area contributed by atoms with E-state index in [1.807, 2.05) is 34.9 Å². The third-order valence-corrected chi connectivity index (χ3v) is 5.56. The Balaban J connectivity index is 2.12. The second-order valence-electron chi connectivity index (χ2n) is 5.66. The molecule has 1 unspecified atom stereocenters. The first-order chi connectivity index (χ1) is 11.5. The van der Waals surface area contributed by atoms with Gasteiger partial charge in [0.15, 0.2) is 0 Å². The van der Waals surface area contributed by atoms with E-state index >= 15 is 0 Å². The molecule has 1 aliphatic rings. The lowest BCUT2D eigenvalue weighted by atomic mass is 10.0. The normalized spacial score (nSPS) is 17.0. The molecule has 0 radical (unpaired) electrons. The minimum Gasteiger partial charge on any atom is -0.480 e. The van der Waals surface area contributed by atoms with Crippen molar-refractivity contribution in [3.63, 3.8) is 0 Å². The molecule has 2 N–H and O–H groups in total. The van der Waals surface area contributed by atoms with Gasteiger partial charge in [-0.05, 0) is 12.1 Å². The highest BCUT2D eigenvalue weighted by molar-refractivity contribution is 9.10. The van der Waals surface area contributed by atoms with Crippen LogP contribution in [0.15, 0.2) is 28.9 Å². The Morgan fingerprint density at radius 1 is 1.25 bits per heavy atom. The van der Waals surface area contributed by atoms with Gasteiger partial charge in [0.25, 0.3) is 0 Å². The zero-order chi connectivity index (χ0) is 17.3. The quantitative estimate of drug-likeness (QED) is 0.785. The molecule has 0 amide bonds. The Morgan fingerprint density at radius 2 is 1.96 bits per heavy atom. The van der Waals surface area contributed by atoms with Crippen molar-refractivity contribution in [2.24, 2.45) is 0 Å². The summed E-state index contributed by atoms with van der Waals surface area (Å²) in [5, 5.41) is 19.7. The van der Waals surface area contributed by atoms with Crippen molar-refractivity contribution in [2.45, 2.75) is 12.6 Å². The number of thioether (sulfide) groups is 1. The molecule has 1 aromatic carbocycles. The molecule has 8 heteroatoms. The number of rotatable bonds is 5. The number of hydrogen-bond acceptors (Lipinski definition) is 4. The Hall–Kier alpha value is -1.51. The summed E-state index contributed by atoms with van der Waals surface area (Å²) in [5.74, 6) is -0.0505. The van der Waals surface area contributed by atoms with Crippen LogP contribution in [0.2, 0.25) is 0 Å². The molecule has 1 aliphatic heterocycles. The highest BCUT2D eigenvalue weighted by Crippen LogP contribution is 2.33. The van der Waals surface area contributed by atoms with Crippen LogP contribution >= 0.6 is 27.7 Å². The van der Waals surface area contributed by atoms with Gasteiger partial charge >= 0.3 is 11.9 Å². The maximum atomic E-state index is 12.0. The van der Waals surface area contributed by atoms with Gasteiger partial charge in [0, 0.05) is 46.2 Å². The molecule has 0 aliphatic carbocycles. The van der Waals surface area contributed by atoms with Gasteiger partial charge in [0.05, 0.1) is 5.52 Å². The summed E-state index contributed by atoms with van der Waals surface area (Å²) in [4.78, 5) is 25.1. The van der Waals surface area contributed by atoms with Crippen LogP contribution in [-0.2, 0) is 16.1 Å². The van der Waals surface area contributed by atoms with Crippen molar-refractivity contribution in [3.8, 4) is 0 Å². The molecule has 0 spiro atoms. The molecule has 1 atom stereocenters. The number of fused-ring (bicyclic) bond motifs is 1. The minimum absolute atomic E-state index is 0.199. The van der Waals surface area contributed by atoms with E-state index < -0.39 is 18.0 Å². The third-order valence-electron chi connectivity index (χ3n) is 4.12. The van der Waals surface area contributed by atoms with E-state index in [1.54, 1.807) is 10.8 Å². The van der Waals surface area contributed by atoms with E-state index in [0.29, 0.717) is 18.7 Å². The summed E-state index contributed by atoms with van der Waals surface area (Å²) in [6.07, 6.45) is 1.67. The topological polar surface area (TPSA) is 82.8 Å². The molecule has 1 saturated heterocycles. The first-order valence-electron chi connectivity index (χ1n) is 7.52. The highest BCUT2D eigenvalue weighted by Gasteiger charge is 2.31. The number of nitrogens with zero attached hydrogens (tertiary/aromatic N) is 2. The molecule has 128 valence electrons. The van der Waals surface area contributed by atoms with E-state index in [4.69, 9.17) is 5.11 Å². The Labute approximate surface area is 151 Å². The number of benzene rings is 1. The van der Waals surface area contributed by atoms with Crippen LogP contribution in [0.4, 0.5) is 0 Å². The lowest BCUT2D eigenvalue weighted by molar-refractivity contribution is -0.143. The fraction of sp³-hybridized carbons (Fsp3) is 0.375. The maximum Gasteiger partial charge on any atom is 0.325 e. The summed E-state index contributed by atoms with van der Waals surface area (Å²) in [6.45, 7) is 1.22. The number of carboxylic acids is 2. The van der Waals surface area contributed by atoms with Gasteiger partial charge in [0.2, 0.25) is 0 Å². The zero-order valence-corrected chi connectivity index (χ0v) is 15.2. The fourth-order valence-corrected chi connectivity index (χ4v) is 4.39. The highest BCUT2D eigenvalue weighted by atomic mass is 79.9. The molecule has 1 fully saturated rings. The lowest BCUT2D eigenvalue weighted by Crippen LogP contribution is -2.39. The van der Waals surface area contributed by atoms with Gasteiger partial charge in [-0.15, -0.1) is 0 Å². The van der Waals surface area contributed by atoms with Crippen LogP contribution in [-0.4, -0.2) is 56.2 Å². The van der Waals surface area contributed by atoms with Crippen molar-refractivity contribution in [3.05, 3.63) is 34.4 Å². The van der Waals surface area contributed by atoms with Gasteiger partial charge in [-0.2, -0.15) is 11.8 Å². The molecule has 0 bridgehead atoms. The SMILES string of the molecule is O=C(O)Cn1cc(C(C(=O)O)N2CCSCC2)c2ccc(Br)cc21. The summed E-state index contributed by atoms with van der Waals surface area (Å²) < 4.78 is 2.43. The monoisotopic (exact) mass is 412 g/mol. The van der Waals surface area contributed by atoms with E-state index in [9.17, 15) is 14.7 Å². The van der Waals surface area contributed by atoms with Crippen molar-refractivity contribution < 1.29 is 19.8 Å². The van der Waals surface area contributed by atoms with Gasteiger partial charge in [-0.25, -0.2) is 0 Å². The number of aromatic nitrogens is 1. The number of carbonyl (C=O) groups is 2. The fourth-order valence-electron chi connectivity index (χ4n) is 3.11. The Bertz CT molecular complexity index is 786. The summed E-state index contributed by atoms with van der Waals surface area (Å²) >= 11 is 5.21. The average Bonchev–Trinajstić information content (AvgIpc) is 2.85. The number of aliphatic carboxylic acids is 2. The predicted octanol–water partition coefficient (Wildman–Crippen LogP) is 2.66. The second-order valence-corrected chi connectivity index (χ2v) is 7.80. The summed E-state index contributed by atoms with van der Waals surface area (Å²) in [6, 6.07) is 4.76. The zero-order valence-electron chi connectivity index (χ0n) is 12.8. The van der Waals surface area contributed by atoms with Crippen LogP contribution < -0.4 is 0 Å². The van der Waals surface area contributed by atoms with E-state index in [1.165, 1.54) is 0 Å². The molecule has 1 aromatic heterocycles. The first kappa shape index (κ1) is 17.3. The maximum absolute atomic E-state index is 12.0. The third kappa shape index (κ3) is 3.45. The van der Waals surface area contributed by atoms with Crippen molar-refractivity contribution in [1.82, 2.24) is 9.47 Å². The van der Waals surface area contributed by atoms with Crippen molar-refractivity contribution >= 4 is 50.5 Å². The van der Waals surface area contributed by atoms with Gasteiger partial charge in [-0.1, -0.05) is 22.0 Å². The van der Waals surface area contributed by atoms with Crippen LogP contribution in [0.3, 0.4) is 0 Å². The summed E-state index contributed by atoms with van der Waals surface area (Å²) in [5.41, 5.74) is 1.37. The van der Waals surface area contributed by atoms with Gasteiger partial charge < -0.3 is 14.8 Å². The number of carboxylic acid groups (broad SMARTS) is 2. The standard InChI is InChI=1S/C16H17BrN2O4S/c17-10-1-2-11-12(8-19(9-14(20)21)13(11)7-10)15(16(22)23)18-3-5-24-6-4-18/h1-2,7-8,15H,3-6,9H2,(H,20,21)(H,22,23).